The second kappa shape index (κ2) is 11.2. The van der Waals surface area contributed by atoms with Crippen LogP contribution in [0, 0.1) is 0 Å². The summed E-state index contributed by atoms with van der Waals surface area (Å²) < 4.78 is 14.3. The Morgan fingerprint density at radius 1 is 1.10 bits per heavy atom. The summed E-state index contributed by atoms with van der Waals surface area (Å²) in [7, 11) is 1.84. The van der Waals surface area contributed by atoms with Gasteiger partial charge in [-0.2, -0.15) is 15.1 Å². The molecule has 1 saturated heterocycles. The number of aromatic nitrogens is 6. The summed E-state index contributed by atoms with van der Waals surface area (Å²) in [6, 6.07) is 6.81. The number of fused-ring (bicyclic) bond motifs is 1. The number of aryl methyl sites for hydroxylation is 1. The Bertz CT molecular complexity index is 1520. The van der Waals surface area contributed by atoms with E-state index in [9.17, 15) is 9.59 Å². The molecule has 3 N–H and O–H groups in total. The number of amides is 2. The van der Waals surface area contributed by atoms with Crippen molar-refractivity contribution in [3.05, 3.63) is 43.0 Å². The maximum absolute atomic E-state index is 12.9. The van der Waals surface area contributed by atoms with Crippen molar-refractivity contribution in [3.63, 3.8) is 0 Å². The lowest BCUT2D eigenvalue weighted by molar-refractivity contribution is -0.114. The normalized spacial score (nSPS) is 13.8. The van der Waals surface area contributed by atoms with E-state index in [1.807, 2.05) is 22.7 Å². The fourth-order valence-electron chi connectivity index (χ4n) is 4.10. The van der Waals surface area contributed by atoms with Crippen molar-refractivity contribution in [3.8, 4) is 5.69 Å². The number of carbonyl (C=O) groups excluding carboxylic acids is 2. The first kappa shape index (κ1) is 26.9. The summed E-state index contributed by atoms with van der Waals surface area (Å²) in [5.41, 5.74) is 2.31. The first-order valence-electron chi connectivity index (χ1n) is 12.9. The topological polar surface area (TPSA) is 153 Å². The summed E-state index contributed by atoms with van der Waals surface area (Å²) in [4.78, 5) is 41.0. The highest BCUT2D eigenvalue weighted by molar-refractivity contribution is 5.96. The number of hydrogen-bond donors (Lipinski definition) is 3. The van der Waals surface area contributed by atoms with Crippen LogP contribution in [0.25, 0.3) is 16.9 Å². The van der Waals surface area contributed by atoms with E-state index in [-0.39, 0.29) is 12.5 Å². The van der Waals surface area contributed by atoms with Gasteiger partial charge in [0.15, 0.2) is 17.0 Å². The zero-order chi connectivity index (χ0) is 28.3. The Kier molecular flexibility index (Phi) is 7.51. The third-order valence-corrected chi connectivity index (χ3v) is 5.86. The third kappa shape index (κ3) is 6.46. The van der Waals surface area contributed by atoms with Gasteiger partial charge in [-0.05, 0) is 39.0 Å². The summed E-state index contributed by atoms with van der Waals surface area (Å²) in [5, 5.41) is 12.9. The number of nitrogens with one attached hydrogen (secondary N) is 3. The minimum absolute atomic E-state index is 0.0713. The summed E-state index contributed by atoms with van der Waals surface area (Å²) in [6.07, 6.45) is 4.68. The predicted octanol–water partition coefficient (Wildman–Crippen LogP) is 2.78. The number of imidazole rings is 1. The van der Waals surface area contributed by atoms with Gasteiger partial charge in [0.25, 0.3) is 0 Å². The predicted molar refractivity (Wildman–Crippen MR) is 150 cm³/mol. The molecule has 0 aliphatic carbocycles. The van der Waals surface area contributed by atoms with Crippen molar-refractivity contribution < 1.29 is 19.1 Å². The highest BCUT2D eigenvalue weighted by atomic mass is 16.6. The van der Waals surface area contributed by atoms with Crippen molar-refractivity contribution in [1.29, 1.82) is 0 Å². The SMILES string of the molecule is Cn1cc(-n2cnc3c(NCC(=O)Nc4cccc(NC(=O)OC(C)(C)C)c4)nc(N4CCOCC4)nc32)cn1. The first-order valence-corrected chi connectivity index (χ1v) is 12.9. The number of ether oxygens (including phenoxy) is 2. The third-order valence-electron chi connectivity index (χ3n) is 5.86. The average Bonchev–Trinajstić information content (AvgIpc) is 3.52. The Hall–Kier alpha value is -4.72. The summed E-state index contributed by atoms with van der Waals surface area (Å²) in [5.74, 6) is 0.649. The number of benzene rings is 1. The van der Waals surface area contributed by atoms with Crippen molar-refractivity contribution >= 4 is 46.3 Å². The molecule has 0 spiro atoms. The first-order chi connectivity index (χ1) is 19.1. The highest BCUT2D eigenvalue weighted by Crippen LogP contribution is 2.25. The molecule has 0 radical (unpaired) electrons. The van der Waals surface area contributed by atoms with Crippen LogP contribution in [0.5, 0.6) is 0 Å². The van der Waals surface area contributed by atoms with E-state index in [0.29, 0.717) is 60.6 Å². The molecule has 14 nitrogen and oxygen atoms in total. The van der Waals surface area contributed by atoms with E-state index in [4.69, 9.17) is 19.4 Å². The van der Waals surface area contributed by atoms with E-state index in [2.05, 4.69) is 26.0 Å². The van der Waals surface area contributed by atoms with Crippen LogP contribution in [0.2, 0.25) is 0 Å². The van der Waals surface area contributed by atoms with Crippen molar-refractivity contribution in [2.24, 2.45) is 7.05 Å². The lowest BCUT2D eigenvalue weighted by Gasteiger charge is -2.27. The average molecular weight is 549 g/mol. The summed E-state index contributed by atoms with van der Waals surface area (Å²) in [6.45, 7) is 7.75. The van der Waals surface area contributed by atoms with Crippen LogP contribution in [-0.4, -0.2) is 79.7 Å². The Labute approximate surface area is 230 Å². The van der Waals surface area contributed by atoms with Gasteiger partial charge >= 0.3 is 6.09 Å². The van der Waals surface area contributed by atoms with Crippen LogP contribution in [0.1, 0.15) is 20.8 Å². The van der Waals surface area contributed by atoms with E-state index in [0.717, 1.165) is 5.69 Å². The number of carbonyl (C=O) groups is 2. The zero-order valence-electron chi connectivity index (χ0n) is 22.8. The zero-order valence-corrected chi connectivity index (χ0v) is 22.8. The molecule has 1 fully saturated rings. The monoisotopic (exact) mass is 548 g/mol. The molecule has 1 aliphatic heterocycles. The van der Waals surface area contributed by atoms with Gasteiger partial charge in [0.2, 0.25) is 11.9 Å². The van der Waals surface area contributed by atoms with E-state index < -0.39 is 11.7 Å². The molecule has 3 aromatic heterocycles. The van der Waals surface area contributed by atoms with Crippen LogP contribution < -0.4 is 20.9 Å². The number of rotatable bonds is 7. The fraction of sp³-hybridized carbons (Fsp3) is 0.385. The molecule has 0 unspecified atom stereocenters. The molecule has 4 aromatic rings. The molecule has 0 saturated carbocycles. The Morgan fingerprint density at radius 3 is 2.55 bits per heavy atom. The summed E-state index contributed by atoms with van der Waals surface area (Å²) >= 11 is 0. The second-order valence-electron chi connectivity index (χ2n) is 10.2. The lowest BCUT2D eigenvalue weighted by atomic mass is 10.2. The molecular formula is C26H32N10O4. The molecule has 0 atom stereocenters. The fourth-order valence-corrected chi connectivity index (χ4v) is 4.10. The molecule has 4 heterocycles. The largest absolute Gasteiger partial charge is 0.444 e. The molecular weight excluding hydrogens is 516 g/mol. The molecule has 14 heteroatoms. The van der Waals surface area contributed by atoms with Crippen LogP contribution in [0.15, 0.2) is 43.0 Å². The number of hydrogen-bond acceptors (Lipinski definition) is 10. The number of nitrogens with zero attached hydrogens (tertiary/aromatic N) is 7. The molecule has 210 valence electrons. The molecule has 0 bridgehead atoms. The van der Waals surface area contributed by atoms with Gasteiger partial charge in [-0.3, -0.25) is 19.4 Å². The van der Waals surface area contributed by atoms with E-state index in [1.165, 1.54) is 0 Å². The van der Waals surface area contributed by atoms with Crippen LogP contribution in [0.3, 0.4) is 0 Å². The maximum atomic E-state index is 12.9. The minimum Gasteiger partial charge on any atom is -0.444 e. The Balaban J connectivity index is 1.32. The smallest absolute Gasteiger partial charge is 0.412 e. The number of morpholine rings is 1. The van der Waals surface area contributed by atoms with Crippen molar-refractivity contribution in [2.45, 2.75) is 26.4 Å². The Morgan fingerprint density at radius 2 is 1.85 bits per heavy atom. The van der Waals surface area contributed by atoms with Gasteiger partial charge in [-0.15, -0.1) is 0 Å². The van der Waals surface area contributed by atoms with E-state index >= 15 is 0 Å². The van der Waals surface area contributed by atoms with Gasteiger partial charge in [-0.1, -0.05) is 6.07 Å². The molecule has 1 aromatic carbocycles. The maximum Gasteiger partial charge on any atom is 0.412 e. The van der Waals surface area contributed by atoms with Crippen LogP contribution in [-0.2, 0) is 21.3 Å². The minimum atomic E-state index is -0.622. The molecule has 2 amide bonds. The standard InChI is InChI=1S/C26H32N10O4/c1-26(2,3)40-25(38)31-18-7-5-6-17(12-18)30-20(37)14-27-22-21-23(33-24(32-22)35-8-10-39-11-9-35)36(16-28-21)19-13-29-34(4)15-19/h5-7,12-13,15-16H,8-11,14H2,1-4H3,(H,30,37)(H,31,38)(H,27,32,33). The van der Waals surface area contributed by atoms with Gasteiger partial charge in [-0.25, -0.2) is 9.78 Å². The van der Waals surface area contributed by atoms with E-state index in [1.54, 1.807) is 62.2 Å². The quantitative estimate of drug-likeness (QED) is 0.314. The second-order valence-corrected chi connectivity index (χ2v) is 10.2. The lowest BCUT2D eigenvalue weighted by Crippen LogP contribution is -2.37. The van der Waals surface area contributed by atoms with Gasteiger partial charge in [0.05, 0.1) is 31.6 Å². The van der Waals surface area contributed by atoms with Crippen LogP contribution >= 0.6 is 0 Å². The molecule has 1 aliphatic rings. The van der Waals surface area contributed by atoms with Gasteiger partial charge in [0.1, 0.15) is 11.9 Å². The van der Waals surface area contributed by atoms with Crippen molar-refractivity contribution in [1.82, 2.24) is 29.3 Å². The van der Waals surface area contributed by atoms with Crippen molar-refractivity contribution in [2.75, 3.05) is 53.7 Å². The van der Waals surface area contributed by atoms with Gasteiger partial charge in [0, 0.05) is 37.7 Å². The van der Waals surface area contributed by atoms with Crippen LogP contribution in [0.4, 0.5) is 27.9 Å². The molecule has 5 rings (SSSR count). The highest BCUT2D eigenvalue weighted by Gasteiger charge is 2.21. The number of anilines is 4. The van der Waals surface area contributed by atoms with Gasteiger partial charge < -0.3 is 25.0 Å². The molecule has 40 heavy (non-hydrogen) atoms.